The molecule has 0 saturated carbocycles. The standard InChI is InChI=1S/C18H17BrN4O3S/c1-2-15(24)20-12-9-7-11(8-10-12)16(25)22-23-18(27)21-17(26)13-5-3-4-6-14(13)19/h3-10H,2H2,1H3,(H,20,24)(H,22,25)(H2,21,23,26,27). The summed E-state index contributed by atoms with van der Waals surface area (Å²) in [6.07, 6.45) is 0.370. The molecule has 140 valence electrons. The normalized spacial score (nSPS) is 9.85. The zero-order valence-electron chi connectivity index (χ0n) is 14.3. The van der Waals surface area contributed by atoms with E-state index in [0.29, 0.717) is 27.7 Å². The van der Waals surface area contributed by atoms with E-state index >= 15 is 0 Å². The maximum absolute atomic E-state index is 12.1. The van der Waals surface area contributed by atoms with Crippen molar-refractivity contribution < 1.29 is 14.4 Å². The van der Waals surface area contributed by atoms with Crippen molar-refractivity contribution in [3.8, 4) is 0 Å². The highest BCUT2D eigenvalue weighted by atomic mass is 79.9. The van der Waals surface area contributed by atoms with Crippen molar-refractivity contribution in [1.29, 1.82) is 0 Å². The third-order valence-electron chi connectivity index (χ3n) is 3.39. The molecule has 0 aromatic heterocycles. The summed E-state index contributed by atoms with van der Waals surface area (Å²) in [6, 6.07) is 13.3. The van der Waals surface area contributed by atoms with Crippen molar-refractivity contribution in [2.24, 2.45) is 0 Å². The Kier molecular flexibility index (Phi) is 7.44. The number of nitrogens with one attached hydrogen (secondary N) is 4. The van der Waals surface area contributed by atoms with Gasteiger partial charge >= 0.3 is 0 Å². The smallest absolute Gasteiger partial charge is 0.269 e. The monoisotopic (exact) mass is 448 g/mol. The van der Waals surface area contributed by atoms with E-state index in [1.54, 1.807) is 55.5 Å². The van der Waals surface area contributed by atoms with Gasteiger partial charge in [0.25, 0.3) is 11.8 Å². The van der Waals surface area contributed by atoms with Gasteiger partial charge in [0, 0.05) is 22.1 Å². The molecule has 27 heavy (non-hydrogen) atoms. The number of hydrazine groups is 1. The van der Waals surface area contributed by atoms with E-state index in [0.717, 1.165) is 0 Å². The van der Waals surface area contributed by atoms with E-state index in [1.807, 2.05) is 0 Å². The van der Waals surface area contributed by atoms with Crippen LogP contribution in [0.15, 0.2) is 53.0 Å². The second-order valence-electron chi connectivity index (χ2n) is 5.32. The van der Waals surface area contributed by atoms with Crippen LogP contribution in [0.4, 0.5) is 5.69 Å². The third kappa shape index (κ3) is 6.15. The lowest BCUT2D eigenvalue weighted by atomic mass is 10.2. The molecule has 2 aromatic rings. The molecular weight excluding hydrogens is 432 g/mol. The first kappa shape index (κ1) is 20.5. The quantitative estimate of drug-likeness (QED) is 0.425. The van der Waals surface area contributed by atoms with Crippen LogP contribution in [0.25, 0.3) is 0 Å². The summed E-state index contributed by atoms with van der Waals surface area (Å²) >= 11 is 8.29. The highest BCUT2D eigenvalue weighted by Gasteiger charge is 2.12. The van der Waals surface area contributed by atoms with Crippen LogP contribution in [0.1, 0.15) is 34.1 Å². The summed E-state index contributed by atoms with van der Waals surface area (Å²) < 4.78 is 0.629. The van der Waals surface area contributed by atoms with Crippen LogP contribution in [-0.4, -0.2) is 22.8 Å². The minimum absolute atomic E-state index is 0.0454. The van der Waals surface area contributed by atoms with Crippen LogP contribution in [-0.2, 0) is 4.79 Å². The van der Waals surface area contributed by atoms with Crippen LogP contribution < -0.4 is 21.5 Å². The van der Waals surface area contributed by atoms with Crippen LogP contribution in [0.3, 0.4) is 0 Å². The number of anilines is 1. The zero-order valence-corrected chi connectivity index (χ0v) is 16.7. The number of halogens is 1. The minimum Gasteiger partial charge on any atom is -0.326 e. The predicted octanol–water partition coefficient (Wildman–Crippen LogP) is 2.75. The summed E-state index contributed by atoms with van der Waals surface area (Å²) in [5.41, 5.74) is 6.24. The van der Waals surface area contributed by atoms with Gasteiger partial charge in [-0.3, -0.25) is 30.6 Å². The van der Waals surface area contributed by atoms with Gasteiger partial charge in [-0.05, 0) is 64.5 Å². The second kappa shape index (κ2) is 9.79. The summed E-state index contributed by atoms with van der Waals surface area (Å²) in [7, 11) is 0. The Morgan fingerprint density at radius 2 is 1.63 bits per heavy atom. The van der Waals surface area contributed by atoms with E-state index in [2.05, 4.69) is 37.4 Å². The Balaban J connectivity index is 1.86. The summed E-state index contributed by atoms with van der Waals surface area (Å²) in [5, 5.41) is 5.12. The second-order valence-corrected chi connectivity index (χ2v) is 6.58. The lowest BCUT2D eigenvalue weighted by Gasteiger charge is -2.11. The molecule has 0 saturated heterocycles. The number of benzene rings is 2. The molecule has 0 unspecified atom stereocenters. The lowest BCUT2D eigenvalue weighted by molar-refractivity contribution is -0.115. The molecule has 0 fully saturated rings. The molecule has 0 aliphatic rings. The summed E-state index contributed by atoms with van der Waals surface area (Å²) in [4.78, 5) is 35.6. The molecule has 0 aliphatic heterocycles. The van der Waals surface area contributed by atoms with Gasteiger partial charge in [-0.25, -0.2) is 0 Å². The van der Waals surface area contributed by atoms with Gasteiger partial charge < -0.3 is 5.32 Å². The highest BCUT2D eigenvalue weighted by molar-refractivity contribution is 9.10. The summed E-state index contributed by atoms with van der Waals surface area (Å²) in [5.74, 6) is -0.967. The Morgan fingerprint density at radius 1 is 0.963 bits per heavy atom. The molecule has 3 amide bonds. The molecule has 9 heteroatoms. The third-order valence-corrected chi connectivity index (χ3v) is 4.28. The largest absolute Gasteiger partial charge is 0.326 e. The number of carbonyl (C=O) groups excluding carboxylic acids is 3. The van der Waals surface area contributed by atoms with Crippen LogP contribution in [0.5, 0.6) is 0 Å². The average molecular weight is 449 g/mol. The van der Waals surface area contributed by atoms with Gasteiger partial charge in [-0.1, -0.05) is 19.1 Å². The number of hydrogen-bond acceptors (Lipinski definition) is 4. The first-order valence-electron chi connectivity index (χ1n) is 7.96. The molecule has 7 nitrogen and oxygen atoms in total. The molecule has 0 bridgehead atoms. The molecule has 4 N–H and O–H groups in total. The predicted molar refractivity (Wildman–Crippen MR) is 110 cm³/mol. The first-order chi connectivity index (χ1) is 12.9. The van der Waals surface area contributed by atoms with E-state index in [1.165, 1.54) is 0 Å². The molecule has 0 aliphatic carbocycles. The minimum atomic E-state index is -0.444. The molecule has 0 radical (unpaired) electrons. The van der Waals surface area contributed by atoms with E-state index < -0.39 is 11.8 Å². The van der Waals surface area contributed by atoms with Gasteiger partial charge in [0.05, 0.1) is 5.56 Å². The van der Waals surface area contributed by atoms with Crippen LogP contribution in [0.2, 0.25) is 0 Å². The number of rotatable bonds is 4. The highest BCUT2D eigenvalue weighted by Crippen LogP contribution is 2.15. The van der Waals surface area contributed by atoms with Crippen molar-refractivity contribution in [1.82, 2.24) is 16.2 Å². The van der Waals surface area contributed by atoms with Gasteiger partial charge in [0.1, 0.15) is 0 Å². The SMILES string of the molecule is CCC(=O)Nc1ccc(C(=O)NNC(=S)NC(=O)c2ccccc2Br)cc1. The van der Waals surface area contributed by atoms with E-state index in [9.17, 15) is 14.4 Å². The van der Waals surface area contributed by atoms with Gasteiger partial charge in [-0.15, -0.1) is 0 Å². The van der Waals surface area contributed by atoms with Crippen molar-refractivity contribution in [3.05, 3.63) is 64.1 Å². The Morgan fingerprint density at radius 3 is 2.26 bits per heavy atom. The van der Waals surface area contributed by atoms with Gasteiger partial charge in [0.15, 0.2) is 5.11 Å². The lowest BCUT2D eigenvalue weighted by Crippen LogP contribution is -2.48. The van der Waals surface area contributed by atoms with Gasteiger partial charge in [-0.2, -0.15) is 0 Å². The Bertz CT molecular complexity index is 871. The number of thiocarbonyl (C=S) groups is 1. The van der Waals surface area contributed by atoms with Crippen molar-refractivity contribution in [3.63, 3.8) is 0 Å². The molecule has 2 rings (SSSR count). The van der Waals surface area contributed by atoms with Crippen molar-refractivity contribution in [2.75, 3.05) is 5.32 Å². The van der Waals surface area contributed by atoms with Crippen molar-refractivity contribution in [2.45, 2.75) is 13.3 Å². The molecule has 2 aromatic carbocycles. The molecule has 0 spiro atoms. The van der Waals surface area contributed by atoms with Crippen LogP contribution in [0, 0.1) is 0 Å². The zero-order chi connectivity index (χ0) is 19.8. The molecule has 0 atom stereocenters. The Hall–Kier alpha value is -2.78. The first-order valence-corrected chi connectivity index (χ1v) is 9.17. The summed E-state index contributed by atoms with van der Waals surface area (Å²) in [6.45, 7) is 1.75. The van der Waals surface area contributed by atoms with Crippen molar-refractivity contribution >= 4 is 56.7 Å². The van der Waals surface area contributed by atoms with Crippen LogP contribution >= 0.6 is 28.1 Å². The fourth-order valence-corrected chi connectivity index (χ4v) is 2.60. The number of hydrogen-bond donors (Lipinski definition) is 4. The fourth-order valence-electron chi connectivity index (χ4n) is 1.99. The maximum Gasteiger partial charge on any atom is 0.269 e. The number of amides is 3. The topological polar surface area (TPSA) is 99.3 Å². The maximum atomic E-state index is 12.1. The molecule has 0 heterocycles. The molecular formula is C18H17BrN4O3S. The van der Waals surface area contributed by atoms with Gasteiger partial charge in [0.2, 0.25) is 5.91 Å². The average Bonchev–Trinajstić information content (AvgIpc) is 2.66. The Labute approximate surface area is 170 Å². The van der Waals surface area contributed by atoms with E-state index in [4.69, 9.17) is 12.2 Å². The number of carbonyl (C=O) groups is 3. The fraction of sp³-hybridized carbons (Fsp3) is 0.111. The van der Waals surface area contributed by atoms with E-state index in [-0.39, 0.29) is 11.0 Å².